The highest BCUT2D eigenvalue weighted by atomic mass is 16.1. The molecule has 0 N–H and O–H groups in total. The zero-order chi connectivity index (χ0) is 12.4. The lowest BCUT2D eigenvalue weighted by molar-refractivity contribution is 0.111. The second-order valence-corrected chi connectivity index (χ2v) is 4.34. The van der Waals surface area contributed by atoms with Crippen molar-refractivity contribution >= 4 is 6.29 Å². The third-order valence-corrected chi connectivity index (χ3v) is 2.82. The molecule has 0 fully saturated rings. The van der Waals surface area contributed by atoms with E-state index in [9.17, 15) is 4.79 Å². The number of benzene rings is 1. The van der Waals surface area contributed by atoms with Crippen LogP contribution in [0.15, 0.2) is 30.3 Å². The van der Waals surface area contributed by atoms with Crippen LogP contribution >= 0.6 is 0 Å². The molecule has 0 saturated carbocycles. The molecule has 0 aliphatic rings. The topological polar surface area (TPSA) is 30.0 Å². The number of hydrogen-bond donors (Lipinski definition) is 0. The largest absolute Gasteiger partial charge is 0.296 e. The maximum absolute atomic E-state index is 10.8. The number of aryl methyl sites for hydroxylation is 3. The van der Waals surface area contributed by atoms with Crippen LogP contribution in [-0.2, 0) is 0 Å². The van der Waals surface area contributed by atoms with Gasteiger partial charge in [-0.15, -0.1) is 0 Å². The summed E-state index contributed by atoms with van der Waals surface area (Å²) in [6, 6.07) is 9.80. The van der Waals surface area contributed by atoms with E-state index in [1.165, 1.54) is 16.7 Å². The quantitative estimate of drug-likeness (QED) is 0.732. The lowest BCUT2D eigenvalue weighted by Gasteiger charge is -2.10. The molecule has 1 aromatic carbocycles. The summed E-state index contributed by atoms with van der Waals surface area (Å²) in [5, 5.41) is 0. The average molecular weight is 225 g/mol. The van der Waals surface area contributed by atoms with Crippen molar-refractivity contribution in [3.63, 3.8) is 0 Å². The standard InChI is InChI=1S/C15H15NO/c1-10-7-11(2)15(12(3)8-10)14-6-4-5-13(9-17)16-14/h4-9H,1-3H3. The Morgan fingerprint density at radius 1 is 1.06 bits per heavy atom. The van der Waals surface area contributed by atoms with Crippen LogP contribution in [-0.4, -0.2) is 11.3 Å². The summed E-state index contributed by atoms with van der Waals surface area (Å²) in [6.07, 6.45) is 0.780. The molecule has 0 radical (unpaired) electrons. The van der Waals surface area contributed by atoms with Crippen LogP contribution in [0.2, 0.25) is 0 Å². The fraction of sp³-hybridized carbons (Fsp3) is 0.200. The number of nitrogens with zero attached hydrogens (tertiary/aromatic N) is 1. The summed E-state index contributed by atoms with van der Waals surface area (Å²) in [5.74, 6) is 0. The van der Waals surface area contributed by atoms with Crippen molar-refractivity contribution in [2.75, 3.05) is 0 Å². The smallest absolute Gasteiger partial charge is 0.168 e. The number of carbonyl (C=O) groups is 1. The first-order valence-electron chi connectivity index (χ1n) is 5.62. The number of hydrogen-bond acceptors (Lipinski definition) is 2. The second-order valence-electron chi connectivity index (χ2n) is 4.34. The fourth-order valence-electron chi connectivity index (χ4n) is 2.24. The Labute approximate surface area is 101 Å². The van der Waals surface area contributed by atoms with Crippen LogP contribution in [0.5, 0.6) is 0 Å². The molecule has 2 heteroatoms. The van der Waals surface area contributed by atoms with E-state index < -0.39 is 0 Å². The highest BCUT2D eigenvalue weighted by Gasteiger charge is 2.08. The summed E-state index contributed by atoms with van der Waals surface area (Å²) < 4.78 is 0. The van der Waals surface area contributed by atoms with E-state index in [-0.39, 0.29) is 0 Å². The number of aldehydes is 1. The molecule has 1 aromatic heterocycles. The van der Waals surface area contributed by atoms with Crippen LogP contribution in [0.3, 0.4) is 0 Å². The maximum atomic E-state index is 10.8. The Morgan fingerprint density at radius 3 is 2.29 bits per heavy atom. The second kappa shape index (κ2) is 4.50. The molecule has 0 bridgehead atoms. The molecule has 0 amide bonds. The summed E-state index contributed by atoms with van der Waals surface area (Å²) in [7, 11) is 0. The number of aromatic nitrogens is 1. The molecule has 0 aliphatic heterocycles. The lowest BCUT2D eigenvalue weighted by atomic mass is 9.97. The molecule has 0 spiro atoms. The van der Waals surface area contributed by atoms with E-state index in [1.54, 1.807) is 6.07 Å². The molecule has 86 valence electrons. The van der Waals surface area contributed by atoms with Crippen molar-refractivity contribution in [2.24, 2.45) is 0 Å². The number of carbonyl (C=O) groups excluding carboxylic acids is 1. The normalized spacial score (nSPS) is 10.3. The van der Waals surface area contributed by atoms with Gasteiger partial charge < -0.3 is 0 Å². The minimum atomic E-state index is 0.474. The first kappa shape index (κ1) is 11.5. The summed E-state index contributed by atoms with van der Waals surface area (Å²) in [6.45, 7) is 6.23. The predicted molar refractivity (Wildman–Crippen MR) is 69.3 cm³/mol. The maximum Gasteiger partial charge on any atom is 0.168 e. The first-order chi connectivity index (χ1) is 8.11. The zero-order valence-corrected chi connectivity index (χ0v) is 10.3. The van der Waals surface area contributed by atoms with E-state index in [4.69, 9.17) is 0 Å². The predicted octanol–water partition coefficient (Wildman–Crippen LogP) is 3.49. The van der Waals surface area contributed by atoms with Crippen molar-refractivity contribution in [3.05, 3.63) is 52.7 Å². The van der Waals surface area contributed by atoms with Gasteiger partial charge in [0, 0.05) is 5.56 Å². The summed E-state index contributed by atoms with van der Waals surface area (Å²) >= 11 is 0. The Bertz CT molecular complexity index is 550. The average Bonchev–Trinajstić information content (AvgIpc) is 2.28. The van der Waals surface area contributed by atoms with Gasteiger partial charge in [-0.25, -0.2) is 4.98 Å². The van der Waals surface area contributed by atoms with E-state index in [0.717, 1.165) is 17.5 Å². The molecule has 2 nitrogen and oxygen atoms in total. The van der Waals surface area contributed by atoms with Crippen molar-refractivity contribution in [2.45, 2.75) is 20.8 Å². The Hall–Kier alpha value is -1.96. The summed E-state index contributed by atoms with van der Waals surface area (Å²) in [5.41, 5.74) is 6.09. The molecule has 2 aromatic rings. The molecular formula is C15H15NO. The van der Waals surface area contributed by atoms with Crippen molar-refractivity contribution in [1.82, 2.24) is 4.98 Å². The highest BCUT2D eigenvalue weighted by Crippen LogP contribution is 2.26. The third kappa shape index (κ3) is 2.26. The van der Waals surface area contributed by atoms with E-state index in [2.05, 4.69) is 37.9 Å². The monoisotopic (exact) mass is 225 g/mol. The SMILES string of the molecule is Cc1cc(C)c(-c2cccc(C=O)n2)c(C)c1. The molecule has 17 heavy (non-hydrogen) atoms. The van der Waals surface area contributed by atoms with Gasteiger partial charge >= 0.3 is 0 Å². The van der Waals surface area contributed by atoms with Crippen molar-refractivity contribution in [3.8, 4) is 11.3 Å². The van der Waals surface area contributed by atoms with Crippen LogP contribution in [0.1, 0.15) is 27.2 Å². The molecule has 2 rings (SSSR count). The Balaban J connectivity index is 2.63. The first-order valence-corrected chi connectivity index (χ1v) is 5.62. The van der Waals surface area contributed by atoms with E-state index in [0.29, 0.717) is 5.69 Å². The molecule has 0 unspecified atom stereocenters. The van der Waals surface area contributed by atoms with Gasteiger partial charge in [0.05, 0.1) is 5.69 Å². The van der Waals surface area contributed by atoms with Crippen LogP contribution in [0.4, 0.5) is 0 Å². The third-order valence-electron chi connectivity index (χ3n) is 2.82. The van der Waals surface area contributed by atoms with Crippen LogP contribution in [0.25, 0.3) is 11.3 Å². The van der Waals surface area contributed by atoms with Gasteiger partial charge in [-0.1, -0.05) is 23.8 Å². The van der Waals surface area contributed by atoms with Gasteiger partial charge in [0.2, 0.25) is 0 Å². The van der Waals surface area contributed by atoms with E-state index >= 15 is 0 Å². The van der Waals surface area contributed by atoms with Gasteiger partial charge in [0.1, 0.15) is 5.69 Å². The molecule has 0 saturated heterocycles. The van der Waals surface area contributed by atoms with Crippen LogP contribution in [0, 0.1) is 20.8 Å². The van der Waals surface area contributed by atoms with Crippen molar-refractivity contribution in [1.29, 1.82) is 0 Å². The van der Waals surface area contributed by atoms with Gasteiger partial charge in [0.15, 0.2) is 6.29 Å². The number of pyridine rings is 1. The fourth-order valence-corrected chi connectivity index (χ4v) is 2.24. The van der Waals surface area contributed by atoms with Gasteiger partial charge in [-0.3, -0.25) is 4.79 Å². The minimum Gasteiger partial charge on any atom is -0.296 e. The lowest BCUT2D eigenvalue weighted by Crippen LogP contribution is -1.95. The minimum absolute atomic E-state index is 0.474. The zero-order valence-electron chi connectivity index (χ0n) is 10.3. The van der Waals surface area contributed by atoms with Gasteiger partial charge in [-0.2, -0.15) is 0 Å². The molecule has 0 atom stereocenters. The molecule has 0 aliphatic carbocycles. The Kier molecular flexibility index (Phi) is 3.05. The Morgan fingerprint density at radius 2 is 1.71 bits per heavy atom. The van der Waals surface area contributed by atoms with E-state index in [1.807, 2.05) is 12.1 Å². The molecule has 1 heterocycles. The van der Waals surface area contributed by atoms with Gasteiger partial charge in [0.25, 0.3) is 0 Å². The van der Waals surface area contributed by atoms with Crippen LogP contribution < -0.4 is 0 Å². The summed E-state index contributed by atoms with van der Waals surface area (Å²) in [4.78, 5) is 15.1. The number of rotatable bonds is 2. The van der Waals surface area contributed by atoms with Crippen molar-refractivity contribution < 1.29 is 4.79 Å². The highest BCUT2D eigenvalue weighted by molar-refractivity contribution is 5.75. The van der Waals surface area contributed by atoms with Gasteiger partial charge in [-0.05, 0) is 44.0 Å². The molecular weight excluding hydrogens is 210 g/mol.